The van der Waals surface area contributed by atoms with Gasteiger partial charge in [-0.05, 0) is 17.7 Å². The van der Waals surface area contributed by atoms with Gasteiger partial charge in [0.15, 0.2) is 0 Å². The molecule has 1 aromatic rings. The maximum atomic E-state index is 8.43. The van der Waals surface area contributed by atoms with Gasteiger partial charge in [-0.3, -0.25) is 0 Å². The predicted octanol–water partition coefficient (Wildman–Crippen LogP) is 2.78. The number of nitrogens with two attached hydrogens (primary N) is 1. The smallest absolute Gasteiger partial charge is 0.0641 e. The van der Waals surface area contributed by atoms with Gasteiger partial charge >= 0.3 is 0 Å². The average Bonchev–Trinajstić information content (AvgIpc) is 2.05. The summed E-state index contributed by atoms with van der Waals surface area (Å²) in [4.78, 5) is 0. The van der Waals surface area contributed by atoms with Crippen LogP contribution in [0.4, 0.5) is 0 Å². The standard InChI is InChI=1S/C9H9BrN2.ClH/c10-8-3-1-2-7(6-8)9(12)4-5-11;/h1-3,6,9H,4,12H2;1H/t9-;/m1./s1. The van der Waals surface area contributed by atoms with Crippen LogP contribution in [0.1, 0.15) is 18.0 Å². The van der Waals surface area contributed by atoms with Crippen molar-refractivity contribution in [3.8, 4) is 6.07 Å². The molecule has 1 rings (SSSR count). The van der Waals surface area contributed by atoms with E-state index in [0.717, 1.165) is 10.0 Å². The van der Waals surface area contributed by atoms with Crippen LogP contribution in [0.5, 0.6) is 0 Å². The predicted molar refractivity (Wildman–Crippen MR) is 58.5 cm³/mol. The van der Waals surface area contributed by atoms with E-state index in [9.17, 15) is 0 Å². The average molecular weight is 262 g/mol. The number of nitrogens with zero attached hydrogens (tertiary/aromatic N) is 1. The third-order valence-electron chi connectivity index (χ3n) is 1.59. The number of hydrogen-bond donors (Lipinski definition) is 1. The summed E-state index contributed by atoms with van der Waals surface area (Å²) in [6.45, 7) is 0. The first kappa shape index (κ1) is 12.4. The molecule has 0 unspecified atom stereocenters. The highest BCUT2D eigenvalue weighted by Crippen LogP contribution is 2.18. The number of hydrogen-bond acceptors (Lipinski definition) is 2. The fraction of sp³-hybridized carbons (Fsp3) is 0.222. The molecule has 70 valence electrons. The molecular formula is C9H10BrClN2. The van der Waals surface area contributed by atoms with Gasteiger partial charge in [0.1, 0.15) is 0 Å². The van der Waals surface area contributed by atoms with Crippen molar-refractivity contribution < 1.29 is 0 Å². The molecule has 0 aliphatic carbocycles. The molecule has 0 saturated carbocycles. The topological polar surface area (TPSA) is 49.8 Å². The van der Waals surface area contributed by atoms with Crippen LogP contribution in [0.25, 0.3) is 0 Å². The van der Waals surface area contributed by atoms with Crippen LogP contribution in [0.15, 0.2) is 28.7 Å². The van der Waals surface area contributed by atoms with E-state index in [0.29, 0.717) is 6.42 Å². The van der Waals surface area contributed by atoms with Gasteiger partial charge in [-0.15, -0.1) is 12.4 Å². The van der Waals surface area contributed by atoms with Gasteiger partial charge in [-0.2, -0.15) is 5.26 Å². The summed E-state index contributed by atoms with van der Waals surface area (Å²) in [6, 6.07) is 9.57. The number of nitriles is 1. The summed E-state index contributed by atoms with van der Waals surface area (Å²) < 4.78 is 0.994. The van der Waals surface area contributed by atoms with E-state index in [1.54, 1.807) is 0 Å². The van der Waals surface area contributed by atoms with Gasteiger partial charge in [0, 0.05) is 10.5 Å². The molecule has 4 heteroatoms. The molecule has 13 heavy (non-hydrogen) atoms. The zero-order chi connectivity index (χ0) is 8.97. The highest BCUT2D eigenvalue weighted by molar-refractivity contribution is 9.10. The van der Waals surface area contributed by atoms with Gasteiger partial charge in [0.2, 0.25) is 0 Å². The van der Waals surface area contributed by atoms with Gasteiger partial charge in [-0.1, -0.05) is 28.1 Å². The molecule has 0 amide bonds. The SMILES string of the molecule is Cl.N#CC[C@@H](N)c1cccc(Br)c1. The molecule has 0 aromatic heterocycles. The Labute approximate surface area is 92.3 Å². The zero-order valence-electron chi connectivity index (χ0n) is 6.90. The van der Waals surface area contributed by atoms with Gasteiger partial charge < -0.3 is 5.73 Å². The van der Waals surface area contributed by atoms with E-state index < -0.39 is 0 Å². The first-order valence-corrected chi connectivity index (χ1v) is 4.41. The Morgan fingerprint density at radius 2 is 2.23 bits per heavy atom. The minimum atomic E-state index is -0.174. The first-order valence-electron chi connectivity index (χ1n) is 3.62. The second kappa shape index (κ2) is 5.98. The van der Waals surface area contributed by atoms with Crippen molar-refractivity contribution in [1.29, 1.82) is 5.26 Å². The van der Waals surface area contributed by atoms with E-state index in [4.69, 9.17) is 11.0 Å². The summed E-state index contributed by atoms with van der Waals surface area (Å²) in [5.41, 5.74) is 6.72. The van der Waals surface area contributed by atoms with Crippen molar-refractivity contribution >= 4 is 28.3 Å². The van der Waals surface area contributed by atoms with Crippen LogP contribution in [0, 0.1) is 11.3 Å². The Morgan fingerprint density at radius 3 is 2.77 bits per heavy atom. The molecule has 1 aromatic carbocycles. The van der Waals surface area contributed by atoms with Crippen molar-refractivity contribution in [2.24, 2.45) is 5.73 Å². The second-order valence-electron chi connectivity index (χ2n) is 2.52. The molecule has 2 nitrogen and oxygen atoms in total. The summed E-state index contributed by atoms with van der Waals surface area (Å²) in [5, 5.41) is 8.43. The van der Waals surface area contributed by atoms with Crippen LogP contribution in [-0.2, 0) is 0 Å². The van der Waals surface area contributed by atoms with Crippen molar-refractivity contribution in [2.45, 2.75) is 12.5 Å². The third kappa shape index (κ3) is 3.77. The normalized spacial score (nSPS) is 11.2. The molecule has 0 aliphatic rings. The second-order valence-corrected chi connectivity index (χ2v) is 3.44. The molecule has 0 radical (unpaired) electrons. The fourth-order valence-electron chi connectivity index (χ4n) is 0.953. The van der Waals surface area contributed by atoms with Crippen molar-refractivity contribution in [1.82, 2.24) is 0 Å². The molecule has 2 N–H and O–H groups in total. The Morgan fingerprint density at radius 1 is 1.54 bits per heavy atom. The Hall–Kier alpha value is -0.560. The summed E-state index contributed by atoms with van der Waals surface area (Å²) in [5.74, 6) is 0. The molecule has 0 heterocycles. The fourth-order valence-corrected chi connectivity index (χ4v) is 1.37. The van der Waals surface area contributed by atoms with E-state index >= 15 is 0 Å². The monoisotopic (exact) mass is 260 g/mol. The van der Waals surface area contributed by atoms with Crippen LogP contribution < -0.4 is 5.73 Å². The number of halogens is 2. The van der Waals surface area contributed by atoms with E-state index in [2.05, 4.69) is 15.9 Å². The molecule has 1 atom stereocenters. The molecule has 0 bridgehead atoms. The third-order valence-corrected chi connectivity index (χ3v) is 2.08. The molecule has 0 fully saturated rings. The maximum Gasteiger partial charge on any atom is 0.0641 e. The van der Waals surface area contributed by atoms with E-state index in [1.165, 1.54) is 0 Å². The van der Waals surface area contributed by atoms with Crippen LogP contribution >= 0.6 is 28.3 Å². The Balaban J connectivity index is 0.00000144. The molecule has 0 saturated heterocycles. The molecule has 0 aliphatic heterocycles. The van der Waals surface area contributed by atoms with Gasteiger partial charge in [-0.25, -0.2) is 0 Å². The summed E-state index contributed by atoms with van der Waals surface area (Å²) in [7, 11) is 0. The lowest BCUT2D eigenvalue weighted by Gasteiger charge is -2.07. The highest BCUT2D eigenvalue weighted by atomic mass is 79.9. The number of rotatable bonds is 2. The first-order chi connectivity index (χ1) is 5.74. The maximum absolute atomic E-state index is 8.43. The van der Waals surface area contributed by atoms with Crippen LogP contribution in [0.3, 0.4) is 0 Å². The quantitative estimate of drug-likeness (QED) is 0.890. The molecule has 0 spiro atoms. The lowest BCUT2D eigenvalue weighted by atomic mass is 10.1. The minimum absolute atomic E-state index is 0. The molecular weight excluding hydrogens is 251 g/mol. The lowest BCUT2D eigenvalue weighted by molar-refractivity contribution is 0.748. The van der Waals surface area contributed by atoms with Crippen LogP contribution in [-0.4, -0.2) is 0 Å². The summed E-state index contributed by atoms with van der Waals surface area (Å²) >= 11 is 3.34. The van der Waals surface area contributed by atoms with Crippen molar-refractivity contribution in [3.63, 3.8) is 0 Å². The van der Waals surface area contributed by atoms with Crippen molar-refractivity contribution in [2.75, 3.05) is 0 Å². The minimum Gasteiger partial charge on any atom is -0.323 e. The van der Waals surface area contributed by atoms with Crippen LogP contribution in [0.2, 0.25) is 0 Å². The highest BCUT2D eigenvalue weighted by Gasteiger charge is 2.04. The van der Waals surface area contributed by atoms with Crippen molar-refractivity contribution in [3.05, 3.63) is 34.3 Å². The zero-order valence-corrected chi connectivity index (χ0v) is 9.31. The Bertz CT molecular complexity index is 309. The largest absolute Gasteiger partial charge is 0.323 e. The van der Waals surface area contributed by atoms with Gasteiger partial charge in [0.25, 0.3) is 0 Å². The van der Waals surface area contributed by atoms with E-state index in [-0.39, 0.29) is 18.4 Å². The van der Waals surface area contributed by atoms with E-state index in [1.807, 2.05) is 30.3 Å². The lowest BCUT2D eigenvalue weighted by Crippen LogP contribution is -2.08. The Kier molecular flexibility index (Phi) is 5.72. The number of benzene rings is 1. The van der Waals surface area contributed by atoms with Gasteiger partial charge in [0.05, 0.1) is 12.5 Å². The summed E-state index contributed by atoms with van der Waals surface area (Å²) in [6.07, 6.45) is 0.358.